The molecule has 1 saturated heterocycles. The lowest BCUT2D eigenvalue weighted by Gasteiger charge is -2.36. The second-order valence-corrected chi connectivity index (χ2v) is 5.34. The zero-order chi connectivity index (χ0) is 12.0. The number of dihydropyridines is 1. The minimum Gasteiger partial charge on any atom is -0.362 e. The summed E-state index contributed by atoms with van der Waals surface area (Å²) in [5.41, 5.74) is 0.493. The van der Waals surface area contributed by atoms with Gasteiger partial charge in [-0.1, -0.05) is 6.08 Å². The minimum absolute atomic E-state index is 0.181. The molecule has 88 valence electrons. The summed E-state index contributed by atoms with van der Waals surface area (Å²) >= 11 is 0. The molecule has 0 atom stereocenters. The molecule has 4 nitrogen and oxygen atoms in total. The molecule has 0 radical (unpaired) electrons. The highest BCUT2D eigenvalue weighted by Crippen LogP contribution is 2.37. The molecule has 2 aliphatic heterocycles. The molecule has 0 aromatic heterocycles. The van der Waals surface area contributed by atoms with Gasteiger partial charge in [-0.25, -0.2) is 5.06 Å². The van der Waals surface area contributed by atoms with E-state index in [0.29, 0.717) is 6.54 Å². The Balaban J connectivity index is 2.41. The first-order chi connectivity index (χ1) is 7.36. The fourth-order valence-corrected chi connectivity index (χ4v) is 1.84. The summed E-state index contributed by atoms with van der Waals surface area (Å²) in [6.07, 6.45) is 5.65. The maximum Gasteiger partial charge on any atom is 0.132 e. The van der Waals surface area contributed by atoms with Gasteiger partial charge in [-0.05, 0) is 33.8 Å². The van der Waals surface area contributed by atoms with Gasteiger partial charge in [-0.15, -0.1) is 0 Å². The molecule has 0 saturated carbocycles. The molecule has 0 aromatic rings. The van der Waals surface area contributed by atoms with Gasteiger partial charge in [0.05, 0.1) is 17.6 Å². The Bertz CT molecular complexity index is 391. The van der Waals surface area contributed by atoms with Crippen molar-refractivity contribution in [3.8, 4) is 0 Å². The highest BCUT2D eigenvalue weighted by molar-refractivity contribution is 5.74. The molecule has 0 unspecified atom stereocenters. The third-order valence-electron chi connectivity index (χ3n) is 3.76. The number of allylic oxidation sites excluding steroid dienone is 1. The van der Waals surface area contributed by atoms with Crippen LogP contribution in [0, 0.1) is 0 Å². The SMILES string of the molecule is CC1(C)NC(=C2C=CC=NC2)N(O)C1(C)C. The van der Waals surface area contributed by atoms with Crippen LogP contribution < -0.4 is 5.32 Å². The van der Waals surface area contributed by atoms with E-state index >= 15 is 0 Å². The van der Waals surface area contributed by atoms with Gasteiger partial charge >= 0.3 is 0 Å². The third kappa shape index (κ3) is 1.45. The number of hydroxylamine groups is 2. The van der Waals surface area contributed by atoms with Crippen LogP contribution in [-0.2, 0) is 0 Å². The molecule has 0 aliphatic carbocycles. The minimum atomic E-state index is -0.343. The van der Waals surface area contributed by atoms with Crippen LogP contribution in [0.3, 0.4) is 0 Å². The van der Waals surface area contributed by atoms with Crippen LogP contribution in [0.5, 0.6) is 0 Å². The Labute approximate surface area is 96.3 Å². The second kappa shape index (κ2) is 3.35. The summed E-state index contributed by atoms with van der Waals surface area (Å²) in [4.78, 5) is 4.19. The Morgan fingerprint density at radius 1 is 1.38 bits per heavy atom. The molecule has 2 aliphatic rings. The summed E-state index contributed by atoms with van der Waals surface area (Å²) in [6, 6.07) is 0. The van der Waals surface area contributed by atoms with Crippen molar-refractivity contribution in [1.29, 1.82) is 0 Å². The molecule has 2 rings (SSSR count). The average molecular weight is 221 g/mol. The molecular formula is C12H19N3O. The van der Waals surface area contributed by atoms with Crippen molar-refractivity contribution in [3.63, 3.8) is 0 Å². The smallest absolute Gasteiger partial charge is 0.132 e. The molecule has 2 N–H and O–H groups in total. The van der Waals surface area contributed by atoms with Crippen LogP contribution in [0.2, 0.25) is 0 Å². The van der Waals surface area contributed by atoms with Crippen LogP contribution in [-0.4, -0.2) is 34.1 Å². The monoisotopic (exact) mass is 221 g/mol. The van der Waals surface area contributed by atoms with Gasteiger partial charge < -0.3 is 5.32 Å². The first kappa shape index (κ1) is 11.2. The zero-order valence-corrected chi connectivity index (χ0v) is 10.3. The van der Waals surface area contributed by atoms with Gasteiger partial charge in [0.2, 0.25) is 0 Å². The number of nitrogens with zero attached hydrogens (tertiary/aromatic N) is 2. The van der Waals surface area contributed by atoms with Crippen LogP contribution in [0.15, 0.2) is 28.5 Å². The second-order valence-electron chi connectivity index (χ2n) is 5.34. The van der Waals surface area contributed by atoms with E-state index in [1.165, 1.54) is 5.06 Å². The standard InChI is InChI=1S/C12H19N3O/c1-11(2)12(3,4)15(16)10(14-11)9-6-5-7-13-8-9/h5-7,14,16H,8H2,1-4H3. The summed E-state index contributed by atoms with van der Waals surface area (Å²) in [6.45, 7) is 8.81. The number of rotatable bonds is 0. The summed E-state index contributed by atoms with van der Waals surface area (Å²) in [5.74, 6) is 0.767. The van der Waals surface area contributed by atoms with E-state index in [2.05, 4.69) is 24.2 Å². The fourth-order valence-electron chi connectivity index (χ4n) is 1.84. The van der Waals surface area contributed by atoms with E-state index in [1.807, 2.05) is 26.0 Å². The molecule has 0 bridgehead atoms. The van der Waals surface area contributed by atoms with E-state index in [9.17, 15) is 5.21 Å². The maximum absolute atomic E-state index is 10.2. The summed E-state index contributed by atoms with van der Waals surface area (Å²) in [5, 5.41) is 14.9. The van der Waals surface area contributed by atoms with Crippen molar-refractivity contribution in [2.24, 2.45) is 4.99 Å². The lowest BCUT2D eigenvalue weighted by Crippen LogP contribution is -2.52. The van der Waals surface area contributed by atoms with Crippen LogP contribution >= 0.6 is 0 Å². The number of nitrogens with one attached hydrogen (secondary N) is 1. The third-order valence-corrected chi connectivity index (χ3v) is 3.76. The van der Waals surface area contributed by atoms with Crippen molar-refractivity contribution in [2.45, 2.75) is 38.8 Å². The van der Waals surface area contributed by atoms with E-state index < -0.39 is 0 Å². The molecule has 0 spiro atoms. The van der Waals surface area contributed by atoms with Crippen molar-refractivity contribution in [2.75, 3.05) is 6.54 Å². The van der Waals surface area contributed by atoms with Gasteiger partial charge in [0.1, 0.15) is 5.82 Å². The van der Waals surface area contributed by atoms with Gasteiger partial charge in [0.25, 0.3) is 0 Å². The van der Waals surface area contributed by atoms with Crippen molar-refractivity contribution in [1.82, 2.24) is 10.4 Å². The zero-order valence-electron chi connectivity index (χ0n) is 10.3. The summed E-state index contributed by atoms with van der Waals surface area (Å²) < 4.78 is 0. The van der Waals surface area contributed by atoms with Crippen molar-refractivity contribution >= 4 is 6.21 Å². The predicted octanol–water partition coefficient (Wildman–Crippen LogP) is 1.69. The maximum atomic E-state index is 10.2. The van der Waals surface area contributed by atoms with Crippen LogP contribution in [0.1, 0.15) is 27.7 Å². The molecule has 2 heterocycles. The lowest BCUT2D eigenvalue weighted by atomic mass is 9.84. The molecule has 4 heteroatoms. The normalized spacial score (nSPS) is 30.7. The molecule has 16 heavy (non-hydrogen) atoms. The van der Waals surface area contributed by atoms with E-state index in [4.69, 9.17) is 0 Å². The first-order valence-corrected chi connectivity index (χ1v) is 5.53. The lowest BCUT2D eigenvalue weighted by molar-refractivity contribution is -0.123. The fraction of sp³-hybridized carbons (Fsp3) is 0.583. The van der Waals surface area contributed by atoms with Gasteiger partial charge in [0, 0.05) is 11.8 Å². The Hall–Kier alpha value is -1.29. The van der Waals surface area contributed by atoms with Crippen LogP contribution in [0.4, 0.5) is 0 Å². The first-order valence-electron chi connectivity index (χ1n) is 5.53. The van der Waals surface area contributed by atoms with Gasteiger partial charge in [-0.2, -0.15) is 0 Å². The Morgan fingerprint density at radius 2 is 2.06 bits per heavy atom. The molecule has 1 fully saturated rings. The molecule has 0 aromatic carbocycles. The van der Waals surface area contributed by atoms with E-state index in [0.717, 1.165) is 11.4 Å². The van der Waals surface area contributed by atoms with Gasteiger partial charge in [0.15, 0.2) is 0 Å². The Kier molecular flexibility index (Phi) is 2.35. The van der Waals surface area contributed by atoms with Crippen molar-refractivity contribution < 1.29 is 5.21 Å². The predicted molar refractivity (Wildman–Crippen MR) is 64.4 cm³/mol. The van der Waals surface area contributed by atoms with Gasteiger partial charge in [-0.3, -0.25) is 10.2 Å². The number of hydrogen-bond acceptors (Lipinski definition) is 4. The quantitative estimate of drug-likeness (QED) is 0.654. The van der Waals surface area contributed by atoms with E-state index in [-0.39, 0.29) is 11.1 Å². The highest BCUT2D eigenvalue weighted by Gasteiger charge is 2.50. The number of aliphatic imine (C=N–C) groups is 1. The average Bonchev–Trinajstić information content (AvgIpc) is 2.40. The number of hydrogen-bond donors (Lipinski definition) is 2. The van der Waals surface area contributed by atoms with Crippen molar-refractivity contribution in [3.05, 3.63) is 23.5 Å². The molecular weight excluding hydrogens is 202 g/mol. The van der Waals surface area contributed by atoms with E-state index in [1.54, 1.807) is 6.21 Å². The molecule has 0 amide bonds. The Morgan fingerprint density at radius 3 is 2.50 bits per heavy atom. The largest absolute Gasteiger partial charge is 0.362 e. The summed E-state index contributed by atoms with van der Waals surface area (Å²) in [7, 11) is 0. The topological polar surface area (TPSA) is 47.9 Å². The highest BCUT2D eigenvalue weighted by atomic mass is 16.5. The van der Waals surface area contributed by atoms with Crippen LogP contribution in [0.25, 0.3) is 0 Å².